The van der Waals surface area contributed by atoms with Crippen molar-refractivity contribution < 1.29 is 14.3 Å². The molecule has 0 aliphatic rings. The Hall–Kier alpha value is -3.80. The van der Waals surface area contributed by atoms with Gasteiger partial charge >= 0.3 is 0 Å². The number of benzene rings is 3. The number of carbonyl (C=O) groups excluding carboxylic acids is 1. The summed E-state index contributed by atoms with van der Waals surface area (Å²) in [5.41, 5.74) is 3.33. The minimum atomic E-state index is -0.137. The monoisotopic (exact) mass is 387 g/mol. The van der Waals surface area contributed by atoms with Gasteiger partial charge in [0.15, 0.2) is 0 Å². The Bertz CT molecular complexity index is 1150. The number of nitrogens with one attached hydrogen (secondary N) is 1. The highest BCUT2D eigenvalue weighted by Gasteiger charge is 2.16. The number of anilines is 1. The third-order valence-electron chi connectivity index (χ3n) is 4.66. The summed E-state index contributed by atoms with van der Waals surface area (Å²) >= 11 is 0. The Kier molecular flexibility index (Phi) is 5.16. The van der Waals surface area contributed by atoms with Crippen LogP contribution in [0.15, 0.2) is 72.8 Å². The number of para-hydroxylation sites is 2. The van der Waals surface area contributed by atoms with Crippen molar-refractivity contribution in [3.8, 4) is 22.9 Å². The highest BCUT2D eigenvalue weighted by Crippen LogP contribution is 2.27. The molecule has 0 unspecified atom stereocenters. The van der Waals surface area contributed by atoms with E-state index in [0.717, 1.165) is 33.9 Å². The molecule has 1 N–H and O–H groups in total. The van der Waals surface area contributed by atoms with Crippen molar-refractivity contribution in [1.29, 1.82) is 0 Å². The van der Waals surface area contributed by atoms with E-state index in [2.05, 4.69) is 5.32 Å². The van der Waals surface area contributed by atoms with E-state index < -0.39 is 0 Å². The highest BCUT2D eigenvalue weighted by atomic mass is 16.5. The number of carbonyl (C=O) groups is 1. The van der Waals surface area contributed by atoms with Gasteiger partial charge in [-0.25, -0.2) is 4.98 Å². The van der Waals surface area contributed by atoms with Crippen LogP contribution >= 0.6 is 0 Å². The van der Waals surface area contributed by atoms with Crippen molar-refractivity contribution in [2.24, 2.45) is 0 Å². The number of methoxy groups -OCH3 is 2. The molecule has 0 aliphatic heterocycles. The van der Waals surface area contributed by atoms with Crippen LogP contribution in [0.2, 0.25) is 0 Å². The highest BCUT2D eigenvalue weighted by molar-refractivity contribution is 5.92. The van der Waals surface area contributed by atoms with E-state index in [1.807, 2.05) is 77.4 Å². The van der Waals surface area contributed by atoms with Gasteiger partial charge in [0, 0.05) is 11.3 Å². The fourth-order valence-corrected chi connectivity index (χ4v) is 3.24. The second-order valence-corrected chi connectivity index (χ2v) is 6.52. The Labute approximate surface area is 168 Å². The van der Waals surface area contributed by atoms with E-state index in [0.29, 0.717) is 5.69 Å². The van der Waals surface area contributed by atoms with Gasteiger partial charge in [0.25, 0.3) is 0 Å². The summed E-state index contributed by atoms with van der Waals surface area (Å²) in [5.74, 6) is 2.06. The topological polar surface area (TPSA) is 65.4 Å². The summed E-state index contributed by atoms with van der Waals surface area (Å²) < 4.78 is 12.4. The third kappa shape index (κ3) is 3.91. The lowest BCUT2D eigenvalue weighted by atomic mass is 10.2. The molecule has 29 heavy (non-hydrogen) atoms. The number of nitrogens with zero attached hydrogens (tertiary/aromatic N) is 2. The van der Waals surface area contributed by atoms with E-state index in [1.165, 1.54) is 0 Å². The number of aromatic nitrogens is 2. The third-order valence-corrected chi connectivity index (χ3v) is 4.66. The van der Waals surface area contributed by atoms with Gasteiger partial charge in [0.1, 0.15) is 23.9 Å². The molecule has 3 aromatic carbocycles. The fraction of sp³-hybridized carbons (Fsp3) is 0.130. The molecule has 1 aromatic heterocycles. The van der Waals surface area contributed by atoms with Gasteiger partial charge in [0.05, 0.1) is 25.3 Å². The first-order valence-electron chi connectivity index (χ1n) is 9.21. The average Bonchev–Trinajstić information content (AvgIpc) is 3.12. The maximum Gasteiger partial charge on any atom is 0.244 e. The first kappa shape index (κ1) is 18.6. The van der Waals surface area contributed by atoms with Crippen LogP contribution in [0, 0.1) is 0 Å². The summed E-state index contributed by atoms with van der Waals surface area (Å²) in [6.07, 6.45) is 0. The average molecular weight is 387 g/mol. The van der Waals surface area contributed by atoms with E-state index >= 15 is 0 Å². The summed E-state index contributed by atoms with van der Waals surface area (Å²) in [6, 6.07) is 22.7. The number of fused-ring (bicyclic) bond motifs is 1. The second kappa shape index (κ2) is 8.06. The van der Waals surface area contributed by atoms with Crippen molar-refractivity contribution >= 4 is 22.6 Å². The fourth-order valence-electron chi connectivity index (χ4n) is 3.24. The molecule has 146 valence electrons. The number of ether oxygens (including phenoxy) is 2. The maximum absolute atomic E-state index is 12.8. The first-order valence-corrected chi connectivity index (χ1v) is 9.21. The first-order chi connectivity index (χ1) is 14.2. The van der Waals surface area contributed by atoms with E-state index in [-0.39, 0.29) is 12.5 Å². The van der Waals surface area contributed by atoms with Crippen molar-refractivity contribution in [3.63, 3.8) is 0 Å². The van der Waals surface area contributed by atoms with Crippen LogP contribution in [0.4, 0.5) is 5.69 Å². The lowest BCUT2D eigenvalue weighted by molar-refractivity contribution is -0.116. The Morgan fingerprint density at radius 1 is 0.931 bits per heavy atom. The van der Waals surface area contributed by atoms with Gasteiger partial charge in [-0.2, -0.15) is 0 Å². The number of amides is 1. The summed E-state index contributed by atoms with van der Waals surface area (Å²) in [7, 11) is 3.24. The zero-order valence-electron chi connectivity index (χ0n) is 16.3. The molecule has 0 saturated heterocycles. The second-order valence-electron chi connectivity index (χ2n) is 6.52. The maximum atomic E-state index is 12.8. The van der Waals surface area contributed by atoms with Crippen LogP contribution in [-0.4, -0.2) is 29.7 Å². The molecule has 0 fully saturated rings. The van der Waals surface area contributed by atoms with Crippen LogP contribution in [0.5, 0.6) is 11.5 Å². The van der Waals surface area contributed by atoms with Crippen LogP contribution in [-0.2, 0) is 11.3 Å². The Morgan fingerprint density at radius 3 is 2.45 bits per heavy atom. The van der Waals surface area contributed by atoms with Crippen LogP contribution in [0.3, 0.4) is 0 Å². The molecule has 0 aliphatic carbocycles. The lowest BCUT2D eigenvalue weighted by Gasteiger charge is -2.11. The van der Waals surface area contributed by atoms with Crippen molar-refractivity contribution in [2.75, 3.05) is 19.5 Å². The molecular weight excluding hydrogens is 366 g/mol. The molecule has 0 saturated carbocycles. The molecule has 4 rings (SSSR count). The van der Waals surface area contributed by atoms with Crippen molar-refractivity contribution in [1.82, 2.24) is 9.55 Å². The van der Waals surface area contributed by atoms with E-state index in [1.54, 1.807) is 14.2 Å². The largest absolute Gasteiger partial charge is 0.497 e. The van der Waals surface area contributed by atoms with Gasteiger partial charge < -0.3 is 19.4 Å². The van der Waals surface area contributed by atoms with Gasteiger partial charge in [-0.15, -0.1) is 0 Å². The number of hydrogen-bond donors (Lipinski definition) is 1. The quantitative estimate of drug-likeness (QED) is 0.534. The van der Waals surface area contributed by atoms with Gasteiger partial charge in [0.2, 0.25) is 5.91 Å². The smallest absolute Gasteiger partial charge is 0.244 e. The van der Waals surface area contributed by atoms with Crippen LogP contribution in [0.1, 0.15) is 0 Å². The molecular formula is C23H21N3O3. The summed E-state index contributed by atoms with van der Waals surface area (Å²) in [5, 5.41) is 2.93. The minimum Gasteiger partial charge on any atom is -0.497 e. The molecule has 6 nitrogen and oxygen atoms in total. The number of rotatable bonds is 6. The zero-order chi connectivity index (χ0) is 20.2. The number of imidazole rings is 1. The SMILES string of the molecule is COc1ccc(NC(=O)Cn2c(-c3cccc(OC)c3)nc3ccccc32)cc1. The molecule has 6 heteroatoms. The van der Waals surface area contributed by atoms with Gasteiger partial charge in [-0.05, 0) is 48.5 Å². The summed E-state index contributed by atoms with van der Waals surface area (Å²) in [4.78, 5) is 17.5. The molecule has 0 radical (unpaired) electrons. The predicted octanol–water partition coefficient (Wildman–Crippen LogP) is 4.36. The summed E-state index contributed by atoms with van der Waals surface area (Å²) in [6.45, 7) is 0.138. The molecule has 0 atom stereocenters. The lowest BCUT2D eigenvalue weighted by Crippen LogP contribution is -2.19. The van der Waals surface area contributed by atoms with Crippen molar-refractivity contribution in [2.45, 2.75) is 6.54 Å². The normalized spacial score (nSPS) is 10.7. The predicted molar refractivity (Wildman–Crippen MR) is 113 cm³/mol. The van der Waals surface area contributed by atoms with E-state index in [4.69, 9.17) is 14.5 Å². The standard InChI is InChI=1S/C23H21N3O3/c1-28-18-12-10-17(11-13-18)24-22(27)15-26-21-9-4-3-8-20(21)25-23(26)16-6-5-7-19(14-16)29-2/h3-14H,15H2,1-2H3,(H,24,27). The van der Waals surface area contributed by atoms with Gasteiger partial charge in [-0.3, -0.25) is 4.79 Å². The van der Waals surface area contributed by atoms with Crippen LogP contribution in [0.25, 0.3) is 22.4 Å². The molecule has 1 heterocycles. The van der Waals surface area contributed by atoms with Crippen molar-refractivity contribution in [3.05, 3.63) is 72.8 Å². The molecule has 0 bridgehead atoms. The number of hydrogen-bond acceptors (Lipinski definition) is 4. The Balaban J connectivity index is 1.67. The van der Waals surface area contributed by atoms with E-state index in [9.17, 15) is 4.79 Å². The minimum absolute atomic E-state index is 0.137. The molecule has 0 spiro atoms. The van der Waals surface area contributed by atoms with Gasteiger partial charge in [-0.1, -0.05) is 24.3 Å². The zero-order valence-corrected chi connectivity index (χ0v) is 16.3. The van der Waals surface area contributed by atoms with Crippen LogP contribution < -0.4 is 14.8 Å². The molecule has 1 amide bonds. The molecule has 4 aromatic rings. The Morgan fingerprint density at radius 2 is 1.69 bits per heavy atom.